The molecule has 1 aromatic heterocycles. The van der Waals surface area contributed by atoms with Crippen LogP contribution in [0.4, 0.5) is 5.69 Å². The van der Waals surface area contributed by atoms with Crippen LogP contribution < -0.4 is 5.32 Å². The lowest BCUT2D eigenvalue weighted by atomic mass is 10.3. The van der Waals surface area contributed by atoms with Gasteiger partial charge in [0, 0.05) is 14.0 Å². The summed E-state index contributed by atoms with van der Waals surface area (Å²) in [5.41, 5.74) is 0.959. The molecule has 1 aromatic carbocycles. The van der Waals surface area contributed by atoms with Crippen LogP contribution in [-0.4, -0.2) is 0 Å². The monoisotopic (exact) mass is 489 g/mol. The maximum atomic E-state index is 5.94. The van der Waals surface area contributed by atoms with E-state index in [1.54, 1.807) is 0 Å². The smallest absolute Gasteiger partial charge is 0.164 e. The van der Waals surface area contributed by atoms with E-state index in [9.17, 15) is 0 Å². The van der Waals surface area contributed by atoms with Crippen molar-refractivity contribution in [2.45, 2.75) is 6.54 Å². The summed E-state index contributed by atoms with van der Waals surface area (Å²) in [4.78, 5) is 0. The number of anilines is 1. The van der Waals surface area contributed by atoms with Crippen molar-refractivity contribution < 1.29 is 4.42 Å². The summed E-state index contributed by atoms with van der Waals surface area (Å²) >= 11 is 15.0. The maximum absolute atomic E-state index is 5.94. The van der Waals surface area contributed by atoms with Gasteiger partial charge in [0.2, 0.25) is 0 Å². The second-order valence-electron chi connectivity index (χ2n) is 3.30. The molecule has 2 rings (SSSR count). The van der Waals surface area contributed by atoms with Crippen LogP contribution in [-0.2, 0) is 6.54 Å². The normalized spacial score (nSPS) is 10.6. The molecule has 0 aliphatic heterocycles. The minimum absolute atomic E-state index is 0.627. The second kappa shape index (κ2) is 5.95. The molecule has 2 aromatic rings. The number of rotatable bonds is 3. The first kappa shape index (κ1) is 13.7. The molecule has 0 atom stereocenters. The van der Waals surface area contributed by atoms with Gasteiger partial charge in [-0.3, -0.25) is 0 Å². The maximum Gasteiger partial charge on any atom is 0.164 e. The van der Waals surface area contributed by atoms with Gasteiger partial charge in [-0.25, -0.2) is 0 Å². The Kier molecular flexibility index (Phi) is 4.80. The minimum atomic E-state index is 0.627. The van der Waals surface area contributed by atoms with Gasteiger partial charge in [-0.2, -0.15) is 0 Å². The highest BCUT2D eigenvalue weighted by atomic mass is 127. The third-order valence-electron chi connectivity index (χ3n) is 2.08. The van der Waals surface area contributed by atoms with Gasteiger partial charge in [0.05, 0.1) is 12.2 Å². The molecule has 0 spiro atoms. The summed E-state index contributed by atoms with van der Waals surface area (Å²) < 4.78 is 8.19. The minimum Gasteiger partial charge on any atom is -0.454 e. The van der Waals surface area contributed by atoms with Crippen LogP contribution in [0.2, 0.25) is 5.02 Å². The average Bonchev–Trinajstić information content (AvgIpc) is 2.62. The van der Waals surface area contributed by atoms with Crippen molar-refractivity contribution in [1.82, 2.24) is 0 Å². The highest BCUT2D eigenvalue weighted by Crippen LogP contribution is 2.34. The summed E-state index contributed by atoms with van der Waals surface area (Å²) in [5, 5.41) is 3.97. The van der Waals surface area contributed by atoms with Gasteiger partial charge in [0.1, 0.15) is 5.76 Å². The van der Waals surface area contributed by atoms with Crippen molar-refractivity contribution in [2.24, 2.45) is 0 Å². The van der Waals surface area contributed by atoms with Crippen molar-refractivity contribution >= 4 is 71.7 Å². The van der Waals surface area contributed by atoms with E-state index in [4.69, 9.17) is 16.0 Å². The first-order valence-electron chi connectivity index (χ1n) is 4.69. The van der Waals surface area contributed by atoms with Crippen LogP contribution in [0.5, 0.6) is 0 Å². The highest BCUT2D eigenvalue weighted by Gasteiger charge is 2.07. The van der Waals surface area contributed by atoms with Crippen molar-refractivity contribution in [3.63, 3.8) is 0 Å². The average molecular weight is 491 g/mol. The summed E-state index contributed by atoms with van der Waals surface area (Å²) in [6, 6.07) is 7.58. The van der Waals surface area contributed by atoms with Crippen molar-refractivity contribution in [3.05, 3.63) is 47.8 Å². The topological polar surface area (TPSA) is 25.2 Å². The van der Waals surface area contributed by atoms with E-state index in [1.807, 2.05) is 24.3 Å². The largest absolute Gasteiger partial charge is 0.454 e. The molecule has 1 N–H and O–H groups in total. The Morgan fingerprint density at radius 3 is 2.41 bits per heavy atom. The van der Waals surface area contributed by atoms with Crippen molar-refractivity contribution in [3.8, 4) is 0 Å². The number of nitrogens with one attached hydrogen (secondary N) is 1. The number of hydrogen-bond donors (Lipinski definition) is 1. The van der Waals surface area contributed by atoms with Gasteiger partial charge in [-0.15, -0.1) is 0 Å². The fourth-order valence-corrected chi connectivity index (χ4v) is 3.74. The van der Waals surface area contributed by atoms with Crippen LogP contribution in [0.25, 0.3) is 0 Å². The van der Waals surface area contributed by atoms with Crippen LogP contribution in [0.15, 0.2) is 37.6 Å². The predicted molar refractivity (Wildman–Crippen MR) is 85.6 cm³/mol. The van der Waals surface area contributed by atoms with Crippen LogP contribution >= 0.6 is 66.1 Å². The lowest BCUT2D eigenvalue weighted by Crippen LogP contribution is -1.99. The van der Waals surface area contributed by atoms with Crippen molar-refractivity contribution in [1.29, 1.82) is 0 Å². The first-order chi connectivity index (χ1) is 8.06. The van der Waals surface area contributed by atoms with Gasteiger partial charge in [-0.1, -0.05) is 11.6 Å². The predicted octanol–water partition coefficient (Wildman–Crippen LogP) is 5.67. The summed E-state index contributed by atoms with van der Waals surface area (Å²) in [6.45, 7) is 0.627. The number of hydrogen-bond acceptors (Lipinski definition) is 2. The zero-order valence-corrected chi connectivity index (χ0v) is 14.5. The molecule has 0 aliphatic rings. The molecule has 0 radical (unpaired) electrons. The van der Waals surface area contributed by atoms with E-state index in [0.717, 1.165) is 24.2 Å². The molecule has 0 unspecified atom stereocenters. The van der Waals surface area contributed by atoms with E-state index in [1.165, 1.54) is 0 Å². The van der Waals surface area contributed by atoms with E-state index in [2.05, 4.69) is 59.8 Å². The molecular weight excluding hydrogens is 484 g/mol. The van der Waals surface area contributed by atoms with Gasteiger partial charge < -0.3 is 9.73 Å². The summed E-state index contributed by atoms with van der Waals surface area (Å²) in [5.74, 6) is 0.892. The van der Waals surface area contributed by atoms with E-state index >= 15 is 0 Å². The molecule has 0 aliphatic carbocycles. The molecule has 6 heteroatoms. The molecule has 17 heavy (non-hydrogen) atoms. The van der Waals surface area contributed by atoms with E-state index in [-0.39, 0.29) is 0 Å². The Hall–Kier alpha value is 0.280. The fourth-order valence-electron chi connectivity index (χ4n) is 1.33. The van der Waals surface area contributed by atoms with Gasteiger partial charge in [0.15, 0.2) is 3.77 Å². The molecule has 2 nitrogen and oxygen atoms in total. The van der Waals surface area contributed by atoms with E-state index < -0.39 is 0 Å². The molecule has 0 bridgehead atoms. The van der Waals surface area contributed by atoms with Gasteiger partial charge in [-0.05, 0) is 78.7 Å². The zero-order chi connectivity index (χ0) is 12.4. The highest BCUT2D eigenvalue weighted by molar-refractivity contribution is 14.1. The van der Waals surface area contributed by atoms with E-state index in [0.29, 0.717) is 11.6 Å². The van der Waals surface area contributed by atoms with Gasteiger partial charge in [0.25, 0.3) is 0 Å². The first-order valence-corrected chi connectivity index (χ1v) is 7.73. The Morgan fingerprint density at radius 2 is 1.88 bits per heavy atom. The molecular formula is C11H7Br2ClINO. The molecule has 90 valence electrons. The molecule has 0 saturated heterocycles. The Labute approximate surface area is 134 Å². The number of benzene rings is 1. The SMILES string of the molecule is Clc1cc(Br)c(NCc2ccc(I)o2)c(Br)c1. The fraction of sp³-hybridized carbons (Fsp3) is 0.0909. The Bertz CT molecular complexity index is 521. The number of halogens is 4. The zero-order valence-electron chi connectivity index (χ0n) is 8.44. The standard InChI is InChI=1S/C11H7Br2ClINO/c12-8-3-6(14)4-9(13)11(8)16-5-7-1-2-10(15)17-7/h1-4,16H,5H2. The quantitative estimate of drug-likeness (QED) is 0.560. The molecule has 1 heterocycles. The molecule has 0 saturated carbocycles. The van der Waals surface area contributed by atoms with Crippen molar-refractivity contribution in [2.75, 3.05) is 5.32 Å². The summed E-state index contributed by atoms with van der Waals surface area (Å²) in [6.07, 6.45) is 0. The third kappa shape index (κ3) is 3.62. The Morgan fingerprint density at radius 1 is 1.24 bits per heavy atom. The van der Waals surface area contributed by atoms with Crippen LogP contribution in [0.1, 0.15) is 5.76 Å². The lowest BCUT2D eigenvalue weighted by molar-refractivity contribution is 0.493. The number of furan rings is 1. The Balaban J connectivity index is 2.14. The van der Waals surface area contributed by atoms with Crippen LogP contribution in [0.3, 0.4) is 0 Å². The summed E-state index contributed by atoms with van der Waals surface area (Å²) in [7, 11) is 0. The van der Waals surface area contributed by atoms with Crippen LogP contribution in [0, 0.1) is 3.77 Å². The third-order valence-corrected chi connectivity index (χ3v) is 4.12. The molecule has 0 fully saturated rings. The lowest BCUT2D eigenvalue weighted by Gasteiger charge is -2.10. The second-order valence-corrected chi connectivity index (χ2v) is 6.51. The van der Waals surface area contributed by atoms with Gasteiger partial charge >= 0.3 is 0 Å². The molecule has 0 amide bonds.